The Morgan fingerprint density at radius 3 is 2.50 bits per heavy atom. The van der Waals surface area contributed by atoms with Gasteiger partial charge in [-0.1, -0.05) is 13.8 Å². The molecule has 1 heterocycles. The maximum absolute atomic E-state index is 9.94. The molecule has 0 aromatic rings. The van der Waals surface area contributed by atoms with Crippen LogP contribution < -0.4 is 5.32 Å². The van der Waals surface area contributed by atoms with Gasteiger partial charge in [-0.2, -0.15) is 11.8 Å². The van der Waals surface area contributed by atoms with Crippen LogP contribution in [0.15, 0.2) is 0 Å². The van der Waals surface area contributed by atoms with E-state index in [1.807, 2.05) is 0 Å². The Kier molecular flexibility index (Phi) is 4.53. The van der Waals surface area contributed by atoms with Crippen LogP contribution in [0.25, 0.3) is 0 Å². The predicted octanol–water partition coefficient (Wildman–Crippen LogP) is 0.925. The van der Waals surface area contributed by atoms with E-state index in [2.05, 4.69) is 35.8 Å². The molecule has 2 rings (SSSR count). The highest BCUT2D eigenvalue weighted by atomic mass is 32.2. The number of hydrogen-bond donors (Lipinski definition) is 2. The minimum atomic E-state index is -0.205. The molecule has 1 saturated carbocycles. The third kappa shape index (κ3) is 4.24. The lowest BCUT2D eigenvalue weighted by molar-refractivity contribution is 0.110. The fourth-order valence-corrected chi connectivity index (χ4v) is 3.77. The van der Waals surface area contributed by atoms with Gasteiger partial charge in [0.1, 0.15) is 0 Å². The van der Waals surface area contributed by atoms with Crippen LogP contribution >= 0.6 is 11.8 Å². The first-order chi connectivity index (χ1) is 7.63. The fraction of sp³-hybridized carbons (Fsp3) is 1.00. The quantitative estimate of drug-likeness (QED) is 0.754. The number of nitrogens with zero attached hydrogens (tertiary/aromatic N) is 1. The van der Waals surface area contributed by atoms with Gasteiger partial charge in [-0.25, -0.2) is 0 Å². The molecule has 3 nitrogen and oxygen atoms in total. The van der Waals surface area contributed by atoms with Gasteiger partial charge in [0.2, 0.25) is 0 Å². The minimum Gasteiger partial charge on any atom is -0.390 e. The predicted molar refractivity (Wildman–Crippen MR) is 70.0 cm³/mol. The van der Waals surface area contributed by atoms with Gasteiger partial charge in [-0.05, 0) is 12.8 Å². The van der Waals surface area contributed by atoms with Gasteiger partial charge in [-0.15, -0.1) is 0 Å². The van der Waals surface area contributed by atoms with Gasteiger partial charge in [0.15, 0.2) is 0 Å². The lowest BCUT2D eigenvalue weighted by Crippen LogP contribution is -2.46. The Balaban J connectivity index is 1.66. The summed E-state index contributed by atoms with van der Waals surface area (Å²) >= 11 is 2.06. The van der Waals surface area contributed by atoms with Crippen molar-refractivity contribution in [2.24, 2.45) is 0 Å². The molecule has 2 fully saturated rings. The summed E-state index contributed by atoms with van der Waals surface area (Å²) in [4.78, 5) is 2.41. The molecule has 1 saturated heterocycles. The highest BCUT2D eigenvalue weighted by Gasteiger charge is 2.25. The van der Waals surface area contributed by atoms with E-state index in [1.54, 1.807) is 0 Å². The van der Waals surface area contributed by atoms with Crippen molar-refractivity contribution in [1.29, 1.82) is 0 Å². The van der Waals surface area contributed by atoms with Gasteiger partial charge in [0.05, 0.1) is 6.10 Å². The molecular weight excluding hydrogens is 220 g/mol. The van der Waals surface area contributed by atoms with E-state index in [-0.39, 0.29) is 6.10 Å². The summed E-state index contributed by atoms with van der Waals surface area (Å²) < 4.78 is 0. The van der Waals surface area contributed by atoms with Crippen molar-refractivity contribution in [3.8, 4) is 0 Å². The first kappa shape index (κ1) is 12.7. The Morgan fingerprint density at radius 1 is 1.31 bits per heavy atom. The Morgan fingerprint density at radius 2 is 1.94 bits per heavy atom. The Hall–Kier alpha value is 0.230. The van der Waals surface area contributed by atoms with E-state index in [1.165, 1.54) is 12.8 Å². The smallest absolute Gasteiger partial charge is 0.0791 e. The van der Waals surface area contributed by atoms with Gasteiger partial charge in [0, 0.05) is 42.7 Å². The molecular formula is C12H24N2OS. The highest BCUT2D eigenvalue weighted by Crippen LogP contribution is 2.24. The molecule has 3 atom stereocenters. The van der Waals surface area contributed by atoms with Crippen molar-refractivity contribution in [1.82, 2.24) is 10.2 Å². The topological polar surface area (TPSA) is 35.5 Å². The first-order valence-electron chi connectivity index (χ1n) is 6.42. The third-order valence-electron chi connectivity index (χ3n) is 3.18. The van der Waals surface area contributed by atoms with Crippen LogP contribution in [-0.2, 0) is 0 Å². The normalized spacial score (nSPS) is 33.9. The molecule has 94 valence electrons. The number of β-amino-alcohol motifs (C(OH)–C–C–N with tert-alkyl or cyclic N) is 1. The lowest BCUT2D eigenvalue weighted by Gasteiger charge is -2.35. The van der Waals surface area contributed by atoms with E-state index >= 15 is 0 Å². The van der Waals surface area contributed by atoms with Crippen molar-refractivity contribution in [3.05, 3.63) is 0 Å². The third-order valence-corrected chi connectivity index (χ3v) is 4.41. The van der Waals surface area contributed by atoms with E-state index in [0.717, 1.165) is 26.2 Å². The molecule has 2 aliphatic rings. The number of rotatable bonds is 5. The molecule has 1 aliphatic carbocycles. The van der Waals surface area contributed by atoms with E-state index < -0.39 is 0 Å². The van der Waals surface area contributed by atoms with Gasteiger partial charge < -0.3 is 10.4 Å². The maximum Gasteiger partial charge on any atom is 0.0791 e. The molecule has 1 aliphatic heterocycles. The lowest BCUT2D eigenvalue weighted by atomic mass is 10.2. The summed E-state index contributed by atoms with van der Waals surface area (Å²) in [7, 11) is 0. The summed E-state index contributed by atoms with van der Waals surface area (Å²) in [6, 6.07) is 0.699. The summed E-state index contributed by atoms with van der Waals surface area (Å²) in [6.45, 7) is 8.39. The van der Waals surface area contributed by atoms with Crippen LogP contribution in [0.4, 0.5) is 0 Å². The van der Waals surface area contributed by atoms with Gasteiger partial charge in [0.25, 0.3) is 0 Å². The maximum atomic E-state index is 9.94. The van der Waals surface area contributed by atoms with Crippen LogP contribution in [0.3, 0.4) is 0 Å². The van der Waals surface area contributed by atoms with Crippen molar-refractivity contribution < 1.29 is 5.11 Å². The van der Waals surface area contributed by atoms with Crippen LogP contribution in [0.5, 0.6) is 0 Å². The van der Waals surface area contributed by atoms with Crippen LogP contribution in [0.2, 0.25) is 0 Å². The van der Waals surface area contributed by atoms with E-state index in [9.17, 15) is 5.11 Å². The monoisotopic (exact) mass is 244 g/mol. The summed E-state index contributed by atoms with van der Waals surface area (Å²) in [5.74, 6) is 0. The molecule has 4 heteroatoms. The standard InChI is InChI=1S/C12H24N2OS/c1-9-6-14(7-10(2)16-9)8-12(15)5-13-11-3-4-11/h9-13,15H,3-8H2,1-2H3. The molecule has 0 spiro atoms. The number of aliphatic hydroxyl groups excluding tert-OH is 1. The molecule has 0 amide bonds. The Bertz CT molecular complexity index is 213. The molecule has 2 N–H and O–H groups in total. The van der Waals surface area contributed by atoms with Crippen LogP contribution in [-0.4, -0.2) is 58.8 Å². The zero-order valence-electron chi connectivity index (χ0n) is 10.4. The zero-order chi connectivity index (χ0) is 11.5. The molecule has 16 heavy (non-hydrogen) atoms. The fourth-order valence-electron chi connectivity index (χ4n) is 2.39. The van der Waals surface area contributed by atoms with Crippen molar-refractivity contribution in [3.63, 3.8) is 0 Å². The van der Waals surface area contributed by atoms with Crippen LogP contribution in [0, 0.1) is 0 Å². The zero-order valence-corrected chi connectivity index (χ0v) is 11.2. The second-order valence-corrected chi connectivity index (χ2v) is 7.19. The average molecular weight is 244 g/mol. The number of nitrogens with one attached hydrogen (secondary N) is 1. The second kappa shape index (κ2) is 5.71. The van der Waals surface area contributed by atoms with E-state index in [4.69, 9.17) is 0 Å². The van der Waals surface area contributed by atoms with Crippen LogP contribution in [0.1, 0.15) is 26.7 Å². The Labute approximate surface area is 103 Å². The number of thioether (sulfide) groups is 1. The molecule has 3 unspecified atom stereocenters. The average Bonchev–Trinajstić information content (AvgIpc) is 2.96. The summed E-state index contributed by atoms with van der Waals surface area (Å²) in [5, 5.41) is 14.7. The summed E-state index contributed by atoms with van der Waals surface area (Å²) in [6.07, 6.45) is 2.38. The molecule has 0 radical (unpaired) electrons. The number of hydrogen-bond acceptors (Lipinski definition) is 4. The SMILES string of the molecule is CC1CN(CC(O)CNC2CC2)CC(C)S1. The first-order valence-corrected chi connectivity index (χ1v) is 7.37. The largest absolute Gasteiger partial charge is 0.390 e. The highest BCUT2D eigenvalue weighted by molar-refractivity contribution is 8.00. The van der Waals surface area contributed by atoms with Gasteiger partial charge >= 0.3 is 0 Å². The second-order valence-electron chi connectivity index (χ2n) is 5.31. The minimum absolute atomic E-state index is 0.205. The van der Waals surface area contributed by atoms with Gasteiger partial charge in [-0.3, -0.25) is 4.90 Å². The molecule has 0 bridgehead atoms. The molecule has 0 aromatic carbocycles. The molecule has 0 aromatic heterocycles. The van der Waals surface area contributed by atoms with Crippen molar-refractivity contribution in [2.45, 2.75) is 49.3 Å². The van der Waals surface area contributed by atoms with Crippen molar-refractivity contribution >= 4 is 11.8 Å². The number of aliphatic hydroxyl groups is 1. The summed E-state index contributed by atoms with van der Waals surface area (Å²) in [5.41, 5.74) is 0. The van der Waals surface area contributed by atoms with E-state index in [0.29, 0.717) is 16.5 Å². The van der Waals surface area contributed by atoms with Crippen molar-refractivity contribution in [2.75, 3.05) is 26.2 Å².